The van der Waals surface area contributed by atoms with E-state index < -0.39 is 0 Å². The van der Waals surface area contributed by atoms with Gasteiger partial charge in [-0.3, -0.25) is 4.79 Å². The zero-order valence-electron chi connectivity index (χ0n) is 15.0. The van der Waals surface area contributed by atoms with E-state index in [1.54, 1.807) is 29.2 Å². The second-order valence-corrected chi connectivity index (χ2v) is 6.66. The third-order valence-corrected chi connectivity index (χ3v) is 4.86. The number of halogens is 1. The van der Waals surface area contributed by atoms with Gasteiger partial charge in [0.25, 0.3) is 0 Å². The van der Waals surface area contributed by atoms with Crippen molar-refractivity contribution in [2.75, 3.05) is 31.1 Å². The topological polar surface area (TPSA) is 80.0 Å². The number of anilines is 1. The molecule has 1 aromatic carbocycles. The second-order valence-electron chi connectivity index (χ2n) is 6.26. The van der Waals surface area contributed by atoms with Crippen molar-refractivity contribution in [3.63, 3.8) is 0 Å². The number of hydrogen-bond donors (Lipinski definition) is 0. The van der Waals surface area contributed by atoms with E-state index in [0.717, 1.165) is 11.4 Å². The van der Waals surface area contributed by atoms with Crippen LogP contribution in [0.5, 0.6) is 0 Å². The highest BCUT2D eigenvalue weighted by Gasteiger charge is 2.21. The number of benzene rings is 1. The van der Waals surface area contributed by atoms with Crippen LogP contribution in [0.15, 0.2) is 55.1 Å². The van der Waals surface area contributed by atoms with Crippen LogP contribution in [0, 0.1) is 0 Å². The van der Waals surface area contributed by atoms with Gasteiger partial charge < -0.3 is 9.80 Å². The third kappa shape index (κ3) is 4.01. The molecule has 0 saturated carbocycles. The molecule has 1 fully saturated rings. The first kappa shape index (κ1) is 18.1. The average molecular weight is 396 g/mol. The maximum Gasteiger partial charge on any atom is 0.246 e. The first-order chi connectivity index (χ1) is 13.7. The minimum atomic E-state index is -0.0211. The number of carbonyl (C=O) groups is 1. The lowest BCUT2D eigenvalue weighted by Crippen LogP contribution is -2.48. The van der Waals surface area contributed by atoms with E-state index in [1.165, 1.54) is 6.33 Å². The van der Waals surface area contributed by atoms with Crippen LogP contribution < -0.4 is 4.90 Å². The normalized spacial score (nSPS) is 14.6. The lowest BCUT2D eigenvalue weighted by molar-refractivity contribution is -0.126. The summed E-state index contributed by atoms with van der Waals surface area (Å²) >= 11 is 6.12. The molecule has 2 aromatic heterocycles. The van der Waals surface area contributed by atoms with Gasteiger partial charge in [-0.2, -0.15) is 5.10 Å². The molecule has 4 rings (SSSR count). The van der Waals surface area contributed by atoms with Gasteiger partial charge in [0, 0.05) is 37.3 Å². The molecule has 3 aromatic rings. The Labute approximate surface area is 167 Å². The van der Waals surface area contributed by atoms with Crippen molar-refractivity contribution in [3.05, 3.63) is 65.7 Å². The Morgan fingerprint density at radius 2 is 1.75 bits per heavy atom. The third-order valence-electron chi connectivity index (χ3n) is 4.52. The molecule has 142 valence electrons. The van der Waals surface area contributed by atoms with Crippen molar-refractivity contribution in [2.24, 2.45) is 0 Å². The molecular formula is C19H18ClN7O. The number of amides is 1. The Morgan fingerprint density at radius 3 is 2.43 bits per heavy atom. The van der Waals surface area contributed by atoms with Crippen molar-refractivity contribution in [3.8, 4) is 5.82 Å². The Bertz CT molecular complexity index is 964. The Kier molecular flexibility index (Phi) is 5.29. The zero-order chi connectivity index (χ0) is 19.3. The SMILES string of the molecule is O=C(/C=C/c1ccccc1Cl)N1CCN(c2ccc(-n3cncn3)nn2)CC1. The van der Waals surface area contributed by atoms with Crippen molar-refractivity contribution in [2.45, 2.75) is 0 Å². The summed E-state index contributed by atoms with van der Waals surface area (Å²) in [4.78, 5) is 20.3. The summed E-state index contributed by atoms with van der Waals surface area (Å²) in [5, 5.41) is 13.1. The van der Waals surface area contributed by atoms with E-state index in [2.05, 4.69) is 25.2 Å². The molecule has 0 N–H and O–H groups in total. The van der Waals surface area contributed by atoms with Gasteiger partial charge in [-0.25, -0.2) is 9.67 Å². The first-order valence-electron chi connectivity index (χ1n) is 8.86. The van der Waals surface area contributed by atoms with E-state index in [-0.39, 0.29) is 5.91 Å². The largest absolute Gasteiger partial charge is 0.352 e. The van der Waals surface area contributed by atoms with Crippen LogP contribution in [0.1, 0.15) is 5.56 Å². The minimum absolute atomic E-state index is 0.0211. The summed E-state index contributed by atoms with van der Waals surface area (Å²) in [5.74, 6) is 1.37. The van der Waals surface area contributed by atoms with Gasteiger partial charge in [-0.05, 0) is 29.8 Å². The van der Waals surface area contributed by atoms with Gasteiger partial charge in [0.2, 0.25) is 5.91 Å². The van der Waals surface area contributed by atoms with Gasteiger partial charge in [0.05, 0.1) is 0 Å². The van der Waals surface area contributed by atoms with Crippen LogP contribution in [0.4, 0.5) is 5.82 Å². The molecule has 1 saturated heterocycles. The van der Waals surface area contributed by atoms with Gasteiger partial charge in [0.1, 0.15) is 12.7 Å². The summed E-state index contributed by atoms with van der Waals surface area (Å²) in [6.45, 7) is 2.64. The first-order valence-corrected chi connectivity index (χ1v) is 9.24. The van der Waals surface area contributed by atoms with Crippen LogP contribution in [-0.2, 0) is 4.79 Å². The Hall–Kier alpha value is -3.26. The van der Waals surface area contributed by atoms with E-state index in [9.17, 15) is 4.79 Å². The summed E-state index contributed by atoms with van der Waals surface area (Å²) in [7, 11) is 0. The molecule has 1 aliphatic heterocycles. The number of piperazine rings is 1. The maximum absolute atomic E-state index is 12.4. The molecule has 3 heterocycles. The van der Waals surface area contributed by atoms with E-state index in [0.29, 0.717) is 37.0 Å². The lowest BCUT2D eigenvalue weighted by Gasteiger charge is -2.34. The molecule has 1 amide bonds. The molecule has 0 spiro atoms. The molecule has 0 unspecified atom stereocenters. The Balaban J connectivity index is 1.34. The summed E-state index contributed by atoms with van der Waals surface area (Å²) in [5.41, 5.74) is 0.832. The van der Waals surface area contributed by atoms with Crippen molar-refractivity contribution in [1.82, 2.24) is 29.9 Å². The van der Waals surface area contributed by atoms with Crippen LogP contribution >= 0.6 is 11.6 Å². The molecule has 9 heteroatoms. The fourth-order valence-electron chi connectivity index (χ4n) is 2.97. The van der Waals surface area contributed by atoms with Gasteiger partial charge >= 0.3 is 0 Å². The summed E-state index contributed by atoms with van der Waals surface area (Å²) in [6.07, 6.45) is 6.35. The predicted octanol–water partition coefficient (Wildman–Crippen LogP) is 2.07. The number of nitrogens with zero attached hydrogens (tertiary/aromatic N) is 7. The van der Waals surface area contributed by atoms with Crippen LogP contribution in [-0.4, -0.2) is 61.9 Å². The number of carbonyl (C=O) groups excluding carboxylic acids is 1. The number of hydrogen-bond acceptors (Lipinski definition) is 6. The fourth-order valence-corrected chi connectivity index (χ4v) is 3.17. The van der Waals surface area contributed by atoms with Crippen LogP contribution in [0.3, 0.4) is 0 Å². The Morgan fingerprint density at radius 1 is 1.00 bits per heavy atom. The molecule has 0 radical (unpaired) electrons. The summed E-state index contributed by atoms with van der Waals surface area (Å²) < 4.78 is 1.55. The van der Waals surface area contributed by atoms with Gasteiger partial charge in [-0.15, -0.1) is 10.2 Å². The second kappa shape index (κ2) is 8.18. The summed E-state index contributed by atoms with van der Waals surface area (Å²) in [6, 6.07) is 11.2. The van der Waals surface area contributed by atoms with Crippen molar-refractivity contribution < 1.29 is 4.79 Å². The highest BCUT2D eigenvalue weighted by atomic mass is 35.5. The van der Waals surface area contributed by atoms with Gasteiger partial charge in [-0.1, -0.05) is 29.8 Å². The minimum Gasteiger partial charge on any atom is -0.352 e. The maximum atomic E-state index is 12.4. The molecule has 0 aliphatic carbocycles. The fraction of sp³-hybridized carbons (Fsp3) is 0.211. The van der Waals surface area contributed by atoms with Crippen molar-refractivity contribution >= 4 is 29.4 Å². The lowest BCUT2D eigenvalue weighted by atomic mass is 10.2. The van der Waals surface area contributed by atoms with E-state index in [4.69, 9.17) is 11.6 Å². The van der Waals surface area contributed by atoms with Crippen molar-refractivity contribution in [1.29, 1.82) is 0 Å². The highest BCUT2D eigenvalue weighted by Crippen LogP contribution is 2.17. The number of rotatable bonds is 4. The standard InChI is InChI=1S/C19H18ClN7O/c20-16-4-2-1-3-15(16)5-8-19(28)26-11-9-25(10-12-26)17-6-7-18(24-23-17)27-14-21-13-22-27/h1-8,13-14H,9-12H2/b8-5+. The molecule has 1 aliphatic rings. The smallest absolute Gasteiger partial charge is 0.246 e. The monoisotopic (exact) mass is 395 g/mol. The van der Waals surface area contributed by atoms with Crippen LogP contribution in [0.2, 0.25) is 5.02 Å². The molecule has 28 heavy (non-hydrogen) atoms. The number of aromatic nitrogens is 5. The average Bonchev–Trinajstić information content (AvgIpc) is 3.28. The quantitative estimate of drug-likeness (QED) is 0.629. The van der Waals surface area contributed by atoms with Gasteiger partial charge in [0.15, 0.2) is 11.6 Å². The predicted molar refractivity (Wildman–Crippen MR) is 106 cm³/mol. The van der Waals surface area contributed by atoms with E-state index in [1.807, 2.05) is 35.2 Å². The van der Waals surface area contributed by atoms with Crippen LogP contribution in [0.25, 0.3) is 11.9 Å². The zero-order valence-corrected chi connectivity index (χ0v) is 15.8. The molecular weight excluding hydrogens is 378 g/mol. The molecule has 0 atom stereocenters. The molecule has 8 nitrogen and oxygen atoms in total. The molecule has 0 bridgehead atoms. The highest BCUT2D eigenvalue weighted by molar-refractivity contribution is 6.32. The van der Waals surface area contributed by atoms with E-state index >= 15 is 0 Å².